The SMILES string of the molecule is CCC(C(=O)NC1CCCC1)N(C(=O)Cn1nnc(-c2ccc(OC)c(OC)c2)n1)c1ccc(F)cc1. The molecule has 1 saturated carbocycles. The lowest BCUT2D eigenvalue weighted by Gasteiger charge is -2.31. The molecule has 3 aromatic rings. The number of methoxy groups -OCH3 is 2. The van der Waals surface area contributed by atoms with Gasteiger partial charge in [0.25, 0.3) is 5.91 Å². The van der Waals surface area contributed by atoms with Gasteiger partial charge in [-0.25, -0.2) is 4.39 Å². The van der Waals surface area contributed by atoms with E-state index in [1.165, 1.54) is 41.1 Å². The normalized spacial score (nSPS) is 14.3. The van der Waals surface area contributed by atoms with E-state index in [-0.39, 0.29) is 18.5 Å². The van der Waals surface area contributed by atoms with Gasteiger partial charge in [-0.3, -0.25) is 14.5 Å². The minimum Gasteiger partial charge on any atom is -0.493 e. The molecule has 196 valence electrons. The third-order valence-corrected chi connectivity index (χ3v) is 6.45. The van der Waals surface area contributed by atoms with Crippen LogP contribution >= 0.6 is 0 Å². The molecule has 1 aliphatic rings. The summed E-state index contributed by atoms with van der Waals surface area (Å²) in [5, 5.41) is 15.5. The monoisotopic (exact) mass is 510 g/mol. The fourth-order valence-corrected chi connectivity index (χ4v) is 4.55. The molecule has 0 bridgehead atoms. The van der Waals surface area contributed by atoms with Crippen LogP contribution in [0.1, 0.15) is 39.0 Å². The number of nitrogens with zero attached hydrogens (tertiary/aromatic N) is 5. The molecule has 2 aromatic carbocycles. The van der Waals surface area contributed by atoms with Crippen LogP contribution in [0.15, 0.2) is 42.5 Å². The van der Waals surface area contributed by atoms with Crippen LogP contribution in [-0.4, -0.2) is 58.3 Å². The Kier molecular flexibility index (Phi) is 8.32. The highest BCUT2D eigenvalue weighted by molar-refractivity contribution is 6.00. The number of amides is 2. The molecule has 1 heterocycles. The average molecular weight is 511 g/mol. The lowest BCUT2D eigenvalue weighted by Crippen LogP contribution is -2.52. The molecule has 0 aliphatic heterocycles. The van der Waals surface area contributed by atoms with E-state index >= 15 is 0 Å². The van der Waals surface area contributed by atoms with Gasteiger partial charge in [0.15, 0.2) is 11.5 Å². The Bertz CT molecular complexity index is 1230. The molecule has 1 aromatic heterocycles. The molecule has 37 heavy (non-hydrogen) atoms. The van der Waals surface area contributed by atoms with Crippen LogP contribution in [0.2, 0.25) is 0 Å². The van der Waals surface area contributed by atoms with Crippen molar-refractivity contribution in [3.05, 3.63) is 48.3 Å². The highest BCUT2D eigenvalue weighted by Gasteiger charge is 2.32. The van der Waals surface area contributed by atoms with Crippen molar-refractivity contribution >= 4 is 17.5 Å². The molecule has 11 heteroatoms. The molecule has 0 spiro atoms. The Morgan fingerprint density at radius 2 is 1.81 bits per heavy atom. The van der Waals surface area contributed by atoms with Crippen molar-refractivity contribution in [2.24, 2.45) is 0 Å². The minimum absolute atomic E-state index is 0.104. The first kappa shape index (κ1) is 26.1. The molecular formula is C26H31FN6O4. The summed E-state index contributed by atoms with van der Waals surface area (Å²) in [6, 6.07) is 10.0. The summed E-state index contributed by atoms with van der Waals surface area (Å²) in [5.41, 5.74) is 1.05. The van der Waals surface area contributed by atoms with Crippen molar-refractivity contribution in [3.8, 4) is 22.9 Å². The number of aromatic nitrogens is 4. The van der Waals surface area contributed by atoms with Gasteiger partial charge in [-0.05, 0) is 66.9 Å². The molecule has 2 amide bonds. The zero-order valence-corrected chi connectivity index (χ0v) is 21.2. The van der Waals surface area contributed by atoms with E-state index in [0.717, 1.165) is 25.7 Å². The van der Waals surface area contributed by atoms with Crippen LogP contribution in [0.5, 0.6) is 11.5 Å². The summed E-state index contributed by atoms with van der Waals surface area (Å²) >= 11 is 0. The number of carbonyl (C=O) groups is 2. The summed E-state index contributed by atoms with van der Waals surface area (Å²) in [7, 11) is 3.07. The van der Waals surface area contributed by atoms with Crippen molar-refractivity contribution in [3.63, 3.8) is 0 Å². The zero-order chi connectivity index (χ0) is 26.4. The van der Waals surface area contributed by atoms with Crippen LogP contribution in [-0.2, 0) is 16.1 Å². The van der Waals surface area contributed by atoms with E-state index in [1.807, 2.05) is 6.92 Å². The van der Waals surface area contributed by atoms with Gasteiger partial charge in [-0.2, -0.15) is 4.80 Å². The number of carbonyl (C=O) groups excluding carboxylic acids is 2. The third kappa shape index (κ3) is 6.04. The van der Waals surface area contributed by atoms with E-state index in [1.54, 1.807) is 25.3 Å². The topological polar surface area (TPSA) is 111 Å². The van der Waals surface area contributed by atoms with E-state index in [4.69, 9.17) is 9.47 Å². The van der Waals surface area contributed by atoms with Crippen molar-refractivity contribution in [2.75, 3.05) is 19.1 Å². The molecule has 1 fully saturated rings. The number of ether oxygens (including phenoxy) is 2. The molecule has 0 radical (unpaired) electrons. The van der Waals surface area contributed by atoms with Crippen LogP contribution in [0.25, 0.3) is 11.4 Å². The molecule has 0 saturated heterocycles. The highest BCUT2D eigenvalue weighted by Crippen LogP contribution is 2.31. The second kappa shape index (κ2) is 11.8. The Labute approximate surface area is 214 Å². The van der Waals surface area contributed by atoms with Gasteiger partial charge in [-0.1, -0.05) is 19.8 Å². The van der Waals surface area contributed by atoms with Crippen LogP contribution in [0.3, 0.4) is 0 Å². The van der Waals surface area contributed by atoms with Gasteiger partial charge in [0.2, 0.25) is 11.7 Å². The van der Waals surface area contributed by atoms with E-state index in [2.05, 4.69) is 20.7 Å². The Morgan fingerprint density at radius 1 is 1.11 bits per heavy atom. The largest absolute Gasteiger partial charge is 0.493 e. The molecule has 1 atom stereocenters. The highest BCUT2D eigenvalue weighted by atomic mass is 19.1. The molecule has 4 rings (SSSR count). The van der Waals surface area contributed by atoms with Crippen molar-refractivity contribution in [2.45, 2.75) is 57.7 Å². The number of tetrazole rings is 1. The second-order valence-electron chi connectivity index (χ2n) is 8.87. The summed E-state index contributed by atoms with van der Waals surface area (Å²) in [4.78, 5) is 29.3. The third-order valence-electron chi connectivity index (χ3n) is 6.45. The number of anilines is 1. The van der Waals surface area contributed by atoms with Gasteiger partial charge < -0.3 is 14.8 Å². The smallest absolute Gasteiger partial charge is 0.251 e. The fourth-order valence-electron chi connectivity index (χ4n) is 4.55. The molecule has 1 unspecified atom stereocenters. The maximum atomic E-state index is 13.6. The van der Waals surface area contributed by atoms with Crippen LogP contribution in [0, 0.1) is 5.82 Å². The van der Waals surface area contributed by atoms with Gasteiger partial charge >= 0.3 is 0 Å². The molecular weight excluding hydrogens is 479 g/mol. The number of nitrogens with one attached hydrogen (secondary N) is 1. The Morgan fingerprint density at radius 3 is 2.46 bits per heavy atom. The fraction of sp³-hybridized carbons (Fsp3) is 0.423. The van der Waals surface area contributed by atoms with Crippen LogP contribution in [0.4, 0.5) is 10.1 Å². The zero-order valence-electron chi connectivity index (χ0n) is 21.2. The lowest BCUT2D eigenvalue weighted by molar-refractivity contribution is -0.127. The first-order valence-electron chi connectivity index (χ1n) is 12.3. The predicted molar refractivity (Wildman–Crippen MR) is 135 cm³/mol. The number of hydrogen-bond donors (Lipinski definition) is 1. The van der Waals surface area contributed by atoms with Gasteiger partial charge in [-0.15, -0.1) is 10.2 Å². The number of rotatable bonds is 10. The summed E-state index contributed by atoms with van der Waals surface area (Å²) in [6.45, 7) is 1.58. The average Bonchev–Trinajstić information content (AvgIpc) is 3.59. The number of benzene rings is 2. The van der Waals surface area contributed by atoms with Crippen molar-refractivity contribution in [1.82, 2.24) is 25.5 Å². The number of halogens is 1. The van der Waals surface area contributed by atoms with Crippen LogP contribution < -0.4 is 19.7 Å². The second-order valence-corrected chi connectivity index (χ2v) is 8.87. The van der Waals surface area contributed by atoms with Crippen molar-refractivity contribution in [1.29, 1.82) is 0 Å². The molecule has 10 nitrogen and oxygen atoms in total. The van der Waals surface area contributed by atoms with E-state index < -0.39 is 17.8 Å². The summed E-state index contributed by atoms with van der Waals surface area (Å²) in [5.74, 6) is 0.283. The first-order chi connectivity index (χ1) is 17.9. The van der Waals surface area contributed by atoms with E-state index in [9.17, 15) is 14.0 Å². The standard InChI is InChI=1S/C26H31FN6O4/c1-4-21(26(35)28-19-7-5-6-8-19)33(20-12-10-18(27)11-13-20)24(34)16-32-30-25(29-31-32)17-9-14-22(36-2)23(15-17)37-3/h9-15,19,21H,4-8,16H2,1-3H3,(H,28,35). The summed E-state index contributed by atoms with van der Waals surface area (Å²) < 4.78 is 24.2. The summed E-state index contributed by atoms with van der Waals surface area (Å²) in [6.07, 6.45) is 4.37. The molecule has 1 N–H and O–H groups in total. The van der Waals surface area contributed by atoms with Gasteiger partial charge in [0, 0.05) is 17.3 Å². The number of hydrogen-bond acceptors (Lipinski definition) is 7. The lowest BCUT2D eigenvalue weighted by atomic mass is 10.1. The quantitative estimate of drug-likeness (QED) is 0.445. The van der Waals surface area contributed by atoms with E-state index in [0.29, 0.717) is 35.0 Å². The minimum atomic E-state index is -0.771. The predicted octanol–water partition coefficient (Wildman–Crippen LogP) is 3.37. The van der Waals surface area contributed by atoms with Gasteiger partial charge in [0.1, 0.15) is 18.4 Å². The molecule has 1 aliphatic carbocycles. The van der Waals surface area contributed by atoms with Crippen molar-refractivity contribution < 1.29 is 23.5 Å². The first-order valence-corrected chi connectivity index (χ1v) is 12.3. The Balaban J connectivity index is 1.57. The Hall–Kier alpha value is -4.02. The maximum Gasteiger partial charge on any atom is 0.251 e. The van der Waals surface area contributed by atoms with Gasteiger partial charge in [0.05, 0.1) is 14.2 Å². The maximum absolute atomic E-state index is 13.6.